The summed E-state index contributed by atoms with van der Waals surface area (Å²) in [5, 5.41) is 14.0. The average Bonchev–Trinajstić information content (AvgIpc) is 2.77. The standard InChI is InChI=1S/C23H22ClN3O4S/c1-3-31-18-10-14(6-9-17(18)28)16-11-19(29)25-21-20(16)22(30)26-23(27(21)2)32-12-13-4-7-15(24)8-5-13/h4-10,16,28H,3,11-12H2,1-2H3,(H,25,29). The Balaban J connectivity index is 1.70. The van der Waals surface area contributed by atoms with Gasteiger partial charge in [-0.2, -0.15) is 4.98 Å². The van der Waals surface area contributed by atoms with Crippen LogP contribution in [0.5, 0.6) is 11.5 Å². The van der Waals surface area contributed by atoms with Crippen LogP contribution in [0, 0.1) is 0 Å². The molecule has 1 aliphatic rings. The molecule has 2 N–H and O–H groups in total. The van der Waals surface area contributed by atoms with Gasteiger partial charge in [0, 0.05) is 30.2 Å². The van der Waals surface area contributed by atoms with Gasteiger partial charge in [-0.15, -0.1) is 0 Å². The maximum Gasteiger partial charge on any atom is 0.279 e. The molecule has 0 spiro atoms. The molecule has 0 saturated carbocycles. The minimum absolute atomic E-state index is 0.0102. The maximum atomic E-state index is 13.1. The number of phenols is 1. The lowest BCUT2D eigenvalue weighted by atomic mass is 9.86. The fourth-order valence-electron chi connectivity index (χ4n) is 3.70. The van der Waals surface area contributed by atoms with E-state index in [4.69, 9.17) is 16.3 Å². The summed E-state index contributed by atoms with van der Waals surface area (Å²) >= 11 is 7.35. The van der Waals surface area contributed by atoms with Gasteiger partial charge in [-0.1, -0.05) is 41.6 Å². The third kappa shape index (κ3) is 4.47. The smallest absolute Gasteiger partial charge is 0.279 e. The monoisotopic (exact) mass is 471 g/mol. The molecular weight excluding hydrogens is 450 g/mol. The van der Waals surface area contributed by atoms with Gasteiger partial charge in [0.25, 0.3) is 5.56 Å². The zero-order valence-corrected chi connectivity index (χ0v) is 19.2. The highest BCUT2D eigenvalue weighted by Crippen LogP contribution is 2.39. The molecule has 0 radical (unpaired) electrons. The number of anilines is 1. The van der Waals surface area contributed by atoms with E-state index in [0.29, 0.717) is 45.2 Å². The Hall–Kier alpha value is -2.97. The lowest BCUT2D eigenvalue weighted by molar-refractivity contribution is -0.116. The van der Waals surface area contributed by atoms with Gasteiger partial charge in [0.05, 0.1) is 12.2 Å². The molecular formula is C23H22ClN3O4S. The molecule has 2 aromatic carbocycles. The van der Waals surface area contributed by atoms with Crippen molar-refractivity contribution < 1.29 is 14.6 Å². The predicted molar refractivity (Wildman–Crippen MR) is 125 cm³/mol. The molecule has 0 aliphatic carbocycles. The first-order valence-corrected chi connectivity index (χ1v) is 11.5. The SMILES string of the molecule is CCOc1cc(C2CC(=O)Nc3c2c(=O)nc(SCc2ccc(Cl)cc2)n3C)ccc1O. The van der Waals surface area contributed by atoms with E-state index in [1.54, 1.807) is 23.7 Å². The first kappa shape index (κ1) is 22.2. The van der Waals surface area contributed by atoms with Gasteiger partial charge in [0.1, 0.15) is 5.82 Å². The van der Waals surface area contributed by atoms with Crippen molar-refractivity contribution in [2.24, 2.45) is 7.05 Å². The van der Waals surface area contributed by atoms with Crippen LogP contribution in [0.2, 0.25) is 5.02 Å². The van der Waals surface area contributed by atoms with Crippen LogP contribution in [0.3, 0.4) is 0 Å². The molecule has 32 heavy (non-hydrogen) atoms. The van der Waals surface area contributed by atoms with Gasteiger partial charge in [0.15, 0.2) is 16.7 Å². The number of nitrogens with one attached hydrogen (secondary N) is 1. The number of hydrogen-bond donors (Lipinski definition) is 2. The second-order valence-electron chi connectivity index (χ2n) is 7.40. The van der Waals surface area contributed by atoms with E-state index in [2.05, 4.69) is 10.3 Å². The molecule has 0 saturated heterocycles. The maximum absolute atomic E-state index is 13.1. The number of benzene rings is 2. The van der Waals surface area contributed by atoms with Crippen molar-refractivity contribution in [1.29, 1.82) is 0 Å². The Bertz CT molecular complexity index is 1230. The van der Waals surface area contributed by atoms with Crippen molar-refractivity contribution in [3.63, 3.8) is 0 Å². The van der Waals surface area contributed by atoms with Crippen molar-refractivity contribution in [2.75, 3.05) is 11.9 Å². The molecule has 1 aromatic heterocycles. The van der Waals surface area contributed by atoms with Crippen LogP contribution in [0.1, 0.15) is 36.0 Å². The number of fused-ring (bicyclic) bond motifs is 1. The quantitative estimate of drug-likeness (QED) is 0.411. The van der Waals surface area contributed by atoms with Crippen LogP contribution in [-0.2, 0) is 17.6 Å². The van der Waals surface area contributed by atoms with E-state index in [1.807, 2.05) is 31.2 Å². The fraction of sp³-hybridized carbons (Fsp3) is 0.261. The molecule has 1 unspecified atom stereocenters. The second kappa shape index (κ2) is 9.26. The second-order valence-corrected chi connectivity index (χ2v) is 8.78. The highest BCUT2D eigenvalue weighted by atomic mass is 35.5. The highest BCUT2D eigenvalue weighted by molar-refractivity contribution is 7.98. The zero-order chi connectivity index (χ0) is 22.8. The van der Waals surface area contributed by atoms with Crippen molar-refractivity contribution in [3.8, 4) is 11.5 Å². The molecule has 0 bridgehead atoms. The number of phenolic OH excluding ortho intramolecular Hbond substituents is 1. The van der Waals surface area contributed by atoms with Gasteiger partial charge in [-0.3, -0.25) is 9.59 Å². The predicted octanol–water partition coefficient (Wildman–Crippen LogP) is 4.30. The van der Waals surface area contributed by atoms with Gasteiger partial charge in [-0.05, 0) is 42.3 Å². The number of carbonyl (C=O) groups is 1. The van der Waals surface area contributed by atoms with Crippen LogP contribution < -0.4 is 15.6 Å². The Morgan fingerprint density at radius 1 is 1.25 bits per heavy atom. The van der Waals surface area contributed by atoms with E-state index in [0.717, 1.165) is 5.56 Å². The summed E-state index contributed by atoms with van der Waals surface area (Å²) in [5.41, 5.74) is 1.80. The van der Waals surface area contributed by atoms with Crippen LogP contribution >= 0.6 is 23.4 Å². The largest absolute Gasteiger partial charge is 0.504 e. The Morgan fingerprint density at radius 3 is 2.72 bits per heavy atom. The first-order valence-electron chi connectivity index (χ1n) is 10.1. The molecule has 7 nitrogen and oxygen atoms in total. The van der Waals surface area contributed by atoms with Crippen molar-refractivity contribution in [1.82, 2.24) is 9.55 Å². The Kier molecular flexibility index (Phi) is 6.43. The van der Waals surface area contributed by atoms with Crippen molar-refractivity contribution in [3.05, 3.63) is 74.5 Å². The number of aromatic hydroxyl groups is 1. The lowest BCUT2D eigenvalue weighted by Gasteiger charge is -2.27. The minimum Gasteiger partial charge on any atom is -0.504 e. The fourth-order valence-corrected chi connectivity index (χ4v) is 4.74. The molecule has 166 valence electrons. The van der Waals surface area contributed by atoms with Crippen LogP contribution in [0.4, 0.5) is 5.82 Å². The molecule has 4 rings (SSSR count). The summed E-state index contributed by atoms with van der Waals surface area (Å²) in [6.45, 7) is 2.20. The normalized spacial score (nSPS) is 15.2. The van der Waals surface area contributed by atoms with Gasteiger partial charge in [0.2, 0.25) is 5.91 Å². The number of ether oxygens (including phenoxy) is 1. The van der Waals surface area contributed by atoms with E-state index in [1.165, 1.54) is 17.8 Å². The molecule has 1 aliphatic heterocycles. The number of carbonyl (C=O) groups excluding carboxylic acids is 1. The van der Waals surface area contributed by atoms with E-state index in [9.17, 15) is 14.7 Å². The van der Waals surface area contributed by atoms with Crippen LogP contribution in [0.15, 0.2) is 52.4 Å². The number of thioether (sulfide) groups is 1. The average molecular weight is 472 g/mol. The Labute approximate surface area is 194 Å². The van der Waals surface area contributed by atoms with Crippen LogP contribution in [0.25, 0.3) is 0 Å². The van der Waals surface area contributed by atoms with E-state index >= 15 is 0 Å². The van der Waals surface area contributed by atoms with Gasteiger partial charge in [-0.25, -0.2) is 0 Å². The summed E-state index contributed by atoms with van der Waals surface area (Å²) in [7, 11) is 1.78. The lowest BCUT2D eigenvalue weighted by Crippen LogP contribution is -2.33. The van der Waals surface area contributed by atoms with Crippen LogP contribution in [-0.4, -0.2) is 27.2 Å². The third-order valence-corrected chi connectivity index (χ3v) is 6.62. The number of rotatable bonds is 6. The molecule has 3 aromatic rings. The molecule has 9 heteroatoms. The van der Waals surface area contributed by atoms with E-state index < -0.39 is 5.92 Å². The summed E-state index contributed by atoms with van der Waals surface area (Å²) in [4.78, 5) is 29.9. The first-order chi connectivity index (χ1) is 15.4. The van der Waals surface area contributed by atoms with E-state index in [-0.39, 0.29) is 23.6 Å². The summed E-state index contributed by atoms with van der Waals surface area (Å²) in [6.07, 6.45) is 0.109. The number of amides is 1. The number of halogens is 1. The number of hydrogen-bond acceptors (Lipinski definition) is 6. The highest BCUT2D eigenvalue weighted by Gasteiger charge is 2.32. The molecule has 1 amide bonds. The third-order valence-electron chi connectivity index (χ3n) is 5.27. The summed E-state index contributed by atoms with van der Waals surface area (Å²) in [5.74, 6) is 0.691. The van der Waals surface area contributed by atoms with Gasteiger partial charge >= 0.3 is 0 Å². The molecule has 1 atom stereocenters. The number of aromatic nitrogens is 2. The minimum atomic E-state index is -0.486. The Morgan fingerprint density at radius 2 is 2.00 bits per heavy atom. The number of nitrogens with zero attached hydrogens (tertiary/aromatic N) is 2. The topological polar surface area (TPSA) is 93.5 Å². The van der Waals surface area contributed by atoms with Crippen molar-refractivity contribution in [2.45, 2.75) is 30.2 Å². The van der Waals surface area contributed by atoms with Crippen molar-refractivity contribution >= 4 is 35.1 Å². The van der Waals surface area contributed by atoms with Gasteiger partial charge < -0.3 is 19.7 Å². The summed E-state index contributed by atoms with van der Waals surface area (Å²) < 4.78 is 7.22. The zero-order valence-electron chi connectivity index (χ0n) is 17.6. The molecule has 2 heterocycles. The summed E-state index contributed by atoms with van der Waals surface area (Å²) in [6, 6.07) is 12.4. The molecule has 0 fully saturated rings.